The van der Waals surface area contributed by atoms with E-state index in [1.165, 1.54) is 0 Å². The Labute approximate surface area is 174 Å². The molecular weight excluding hydrogens is 382 g/mol. The summed E-state index contributed by atoms with van der Waals surface area (Å²) in [5.41, 5.74) is 2.69. The normalized spacial score (nSPS) is 16.2. The van der Waals surface area contributed by atoms with Crippen LogP contribution in [0.3, 0.4) is 0 Å². The highest BCUT2D eigenvalue weighted by atomic mass is 31.2. The molecule has 0 amide bonds. The molecule has 1 aromatic carbocycles. The van der Waals surface area contributed by atoms with Gasteiger partial charge in [-0.05, 0) is 24.0 Å². The summed E-state index contributed by atoms with van der Waals surface area (Å²) in [5.74, 6) is 0. The van der Waals surface area contributed by atoms with Gasteiger partial charge in [0.25, 0.3) is 0 Å². The van der Waals surface area contributed by atoms with E-state index in [0.29, 0.717) is 12.3 Å². The van der Waals surface area contributed by atoms with Crippen molar-refractivity contribution in [2.45, 2.75) is 103 Å². The molecule has 0 radical (unpaired) electrons. The Kier molecular flexibility index (Phi) is 9.05. The molecule has 0 aliphatic heterocycles. The molecule has 0 aliphatic rings. The molecule has 0 spiro atoms. The Hall–Kier alpha value is -0.580. The highest BCUT2D eigenvalue weighted by Crippen LogP contribution is 2.65. The summed E-state index contributed by atoms with van der Waals surface area (Å²) in [7, 11) is -4.89. The minimum absolute atomic E-state index is 0.139. The van der Waals surface area contributed by atoms with Crippen LogP contribution in [0.15, 0.2) is 36.9 Å². The minimum atomic E-state index is -2.52. The van der Waals surface area contributed by atoms with Crippen molar-refractivity contribution in [3.63, 3.8) is 0 Å². The van der Waals surface area contributed by atoms with Crippen LogP contribution < -0.4 is 0 Å². The Morgan fingerprint density at radius 2 is 1.39 bits per heavy atom. The molecule has 160 valence electrons. The fourth-order valence-corrected chi connectivity index (χ4v) is 10.2. The van der Waals surface area contributed by atoms with Crippen molar-refractivity contribution in [2.75, 3.05) is 0 Å². The van der Waals surface area contributed by atoms with Crippen molar-refractivity contribution in [2.24, 2.45) is 0 Å². The van der Waals surface area contributed by atoms with Gasteiger partial charge in [-0.15, -0.1) is 6.58 Å². The molecule has 0 aromatic heterocycles. The third-order valence-corrected chi connectivity index (χ3v) is 15.4. The molecule has 1 aromatic rings. The monoisotopic (exact) mass is 424 g/mol. The van der Waals surface area contributed by atoms with Gasteiger partial charge in [0.2, 0.25) is 0 Å². The van der Waals surface area contributed by atoms with Gasteiger partial charge in [-0.3, -0.25) is 0 Å². The first-order valence-corrected chi connectivity index (χ1v) is 14.6. The fourth-order valence-electron chi connectivity index (χ4n) is 3.97. The molecule has 28 heavy (non-hydrogen) atoms. The summed E-state index contributed by atoms with van der Waals surface area (Å²) in [4.78, 5) is 0. The first kappa shape index (κ1) is 25.5. The average Bonchev–Trinajstić information content (AvgIpc) is 2.59. The summed E-state index contributed by atoms with van der Waals surface area (Å²) < 4.78 is 28.0. The van der Waals surface area contributed by atoms with Crippen LogP contribution in [0.4, 0.5) is 0 Å². The molecule has 4 heteroatoms. The lowest BCUT2D eigenvalue weighted by Gasteiger charge is -2.37. The Balaban J connectivity index is 3.35. The SMILES string of the molecule is C=CCCC(C)P(=O)(Cc1ccccc1CP(=O)(C(C)C)C(C)C)C(C)(C)C. The number of allylic oxidation sites excluding steroid dienone is 1. The predicted octanol–water partition coefficient (Wildman–Crippen LogP) is 8.38. The minimum Gasteiger partial charge on any atom is -0.323 e. The number of rotatable bonds is 10. The summed E-state index contributed by atoms with van der Waals surface area (Å²) in [5, 5.41) is -0.263. The lowest BCUT2D eigenvalue weighted by atomic mass is 10.1. The van der Waals surface area contributed by atoms with Crippen LogP contribution >= 0.6 is 14.3 Å². The van der Waals surface area contributed by atoms with Crippen molar-refractivity contribution in [3.05, 3.63) is 48.0 Å². The zero-order valence-corrected chi connectivity index (χ0v) is 21.2. The van der Waals surface area contributed by atoms with Crippen LogP contribution in [0.2, 0.25) is 0 Å². The zero-order valence-electron chi connectivity index (χ0n) is 19.4. The van der Waals surface area contributed by atoms with Crippen LogP contribution in [0.25, 0.3) is 0 Å². The van der Waals surface area contributed by atoms with Gasteiger partial charge in [-0.2, -0.15) is 0 Å². The average molecular weight is 425 g/mol. The molecule has 0 aliphatic carbocycles. The van der Waals surface area contributed by atoms with E-state index in [9.17, 15) is 9.13 Å². The van der Waals surface area contributed by atoms with E-state index in [4.69, 9.17) is 0 Å². The van der Waals surface area contributed by atoms with E-state index in [1.807, 2.05) is 18.2 Å². The van der Waals surface area contributed by atoms with E-state index >= 15 is 0 Å². The standard InChI is InChI=1S/C24H42O2P2/c1-10-11-14-21(6)28(26,24(7,8)9)18-23-16-13-12-15-22(23)17-27(25,19(2)3)20(4)5/h10,12-13,15-16,19-21H,1,11,14,17-18H2,2-9H3. The second kappa shape index (κ2) is 9.95. The Morgan fingerprint density at radius 1 is 0.929 bits per heavy atom. The van der Waals surface area contributed by atoms with Gasteiger partial charge in [0.15, 0.2) is 0 Å². The highest BCUT2D eigenvalue weighted by molar-refractivity contribution is 7.65. The molecule has 2 nitrogen and oxygen atoms in total. The van der Waals surface area contributed by atoms with Gasteiger partial charge in [-0.1, -0.05) is 85.7 Å². The maximum Gasteiger partial charge on any atom is 0.0996 e. The van der Waals surface area contributed by atoms with Crippen molar-refractivity contribution >= 4 is 14.3 Å². The molecule has 0 bridgehead atoms. The molecule has 2 atom stereocenters. The van der Waals surface area contributed by atoms with E-state index in [2.05, 4.69) is 74.1 Å². The smallest absolute Gasteiger partial charge is 0.0996 e. The van der Waals surface area contributed by atoms with Crippen molar-refractivity contribution in [1.29, 1.82) is 0 Å². The maximum atomic E-state index is 14.3. The fraction of sp³-hybridized carbons (Fsp3) is 0.667. The molecule has 0 heterocycles. The second-order valence-corrected chi connectivity index (χ2v) is 18.0. The second-order valence-electron chi connectivity index (χ2n) is 9.81. The van der Waals surface area contributed by atoms with Crippen LogP contribution in [-0.2, 0) is 21.5 Å². The van der Waals surface area contributed by atoms with Crippen molar-refractivity contribution < 1.29 is 9.13 Å². The maximum absolute atomic E-state index is 14.3. The predicted molar refractivity (Wildman–Crippen MR) is 128 cm³/mol. The highest BCUT2D eigenvalue weighted by Gasteiger charge is 2.41. The third-order valence-electron chi connectivity index (χ3n) is 6.33. The van der Waals surface area contributed by atoms with Crippen LogP contribution in [0, 0.1) is 0 Å². The van der Waals surface area contributed by atoms with E-state index < -0.39 is 14.3 Å². The summed E-state index contributed by atoms with van der Waals surface area (Å²) in [6.45, 7) is 20.6. The van der Waals surface area contributed by atoms with Crippen LogP contribution in [-0.4, -0.2) is 22.1 Å². The lowest BCUT2D eigenvalue weighted by molar-refractivity contribution is 0.531. The summed E-state index contributed by atoms with van der Waals surface area (Å²) in [6, 6.07) is 8.23. The zero-order chi connectivity index (χ0) is 21.8. The van der Waals surface area contributed by atoms with Gasteiger partial charge in [0.05, 0.1) is 14.3 Å². The van der Waals surface area contributed by atoms with Gasteiger partial charge in [-0.25, -0.2) is 0 Å². The molecule has 0 fully saturated rings. The Morgan fingerprint density at radius 3 is 1.79 bits per heavy atom. The van der Waals surface area contributed by atoms with Gasteiger partial charge < -0.3 is 9.13 Å². The number of benzene rings is 1. The first-order chi connectivity index (χ1) is 12.8. The quantitative estimate of drug-likeness (QED) is 0.279. The number of hydrogen-bond donors (Lipinski definition) is 0. The Bertz CT molecular complexity index is 729. The van der Waals surface area contributed by atoms with Crippen molar-refractivity contribution in [3.8, 4) is 0 Å². The summed E-state index contributed by atoms with van der Waals surface area (Å²) >= 11 is 0. The third kappa shape index (κ3) is 5.73. The van der Waals surface area contributed by atoms with Gasteiger partial charge >= 0.3 is 0 Å². The molecular formula is C24H42O2P2. The topological polar surface area (TPSA) is 34.1 Å². The number of hydrogen-bond acceptors (Lipinski definition) is 2. The first-order valence-electron chi connectivity index (χ1n) is 10.6. The van der Waals surface area contributed by atoms with E-state index in [1.54, 1.807) is 0 Å². The molecule has 0 N–H and O–H groups in total. The molecule has 1 rings (SSSR count). The largest absolute Gasteiger partial charge is 0.323 e. The summed E-state index contributed by atoms with van der Waals surface area (Å²) in [6.07, 6.45) is 4.89. The molecule has 0 saturated carbocycles. The lowest BCUT2D eigenvalue weighted by Crippen LogP contribution is -2.24. The van der Waals surface area contributed by atoms with Crippen molar-refractivity contribution in [1.82, 2.24) is 0 Å². The molecule has 2 unspecified atom stereocenters. The van der Waals surface area contributed by atoms with E-state index in [0.717, 1.165) is 24.0 Å². The van der Waals surface area contributed by atoms with Gasteiger partial charge in [0.1, 0.15) is 0 Å². The van der Waals surface area contributed by atoms with Gasteiger partial charge in [0, 0.05) is 34.5 Å². The van der Waals surface area contributed by atoms with Crippen LogP contribution in [0.5, 0.6) is 0 Å². The van der Waals surface area contributed by atoms with E-state index in [-0.39, 0.29) is 22.1 Å². The van der Waals surface area contributed by atoms with Crippen LogP contribution in [0.1, 0.15) is 79.4 Å². The molecule has 0 saturated heterocycles.